The molecule has 9 heteroatoms. The van der Waals surface area contributed by atoms with Crippen LogP contribution in [0.2, 0.25) is 5.15 Å². The first-order valence-corrected chi connectivity index (χ1v) is 7.89. The van der Waals surface area contributed by atoms with Gasteiger partial charge in [0.05, 0.1) is 6.04 Å². The van der Waals surface area contributed by atoms with Gasteiger partial charge < -0.3 is 14.0 Å². The van der Waals surface area contributed by atoms with Crippen LogP contribution in [-0.4, -0.2) is 43.4 Å². The molecule has 0 radical (unpaired) electrons. The summed E-state index contributed by atoms with van der Waals surface area (Å²) in [4.78, 5) is 11.6. The summed E-state index contributed by atoms with van der Waals surface area (Å²) in [5, 5.41) is 9.42. The molecule has 22 heavy (non-hydrogen) atoms. The standard InChI is InChI=1S/C13H16ClN7S/c1-8(11-18-16-7-20(11)4)21-6-5-15-12(21)9-10(14)17-13(22-9)19(2)3/h5-8H,1-4H3/t8-/m1/s1. The van der Waals surface area contributed by atoms with Crippen molar-refractivity contribution in [3.63, 3.8) is 0 Å². The number of hydrogen-bond donors (Lipinski definition) is 0. The number of hydrogen-bond acceptors (Lipinski definition) is 6. The number of aromatic nitrogens is 6. The molecular formula is C13H16ClN7S. The predicted molar refractivity (Wildman–Crippen MR) is 87.5 cm³/mol. The van der Waals surface area contributed by atoms with Gasteiger partial charge >= 0.3 is 0 Å². The van der Waals surface area contributed by atoms with Crippen molar-refractivity contribution >= 4 is 28.1 Å². The van der Waals surface area contributed by atoms with Gasteiger partial charge in [-0.3, -0.25) is 0 Å². The second kappa shape index (κ2) is 5.69. The highest BCUT2D eigenvalue weighted by molar-refractivity contribution is 7.19. The summed E-state index contributed by atoms with van der Waals surface area (Å²) in [6.45, 7) is 2.05. The van der Waals surface area contributed by atoms with Gasteiger partial charge in [-0.25, -0.2) is 9.97 Å². The highest BCUT2D eigenvalue weighted by atomic mass is 35.5. The molecule has 0 spiro atoms. The topological polar surface area (TPSA) is 64.7 Å². The summed E-state index contributed by atoms with van der Waals surface area (Å²) >= 11 is 7.81. The van der Waals surface area contributed by atoms with Crippen molar-refractivity contribution in [3.05, 3.63) is 29.7 Å². The molecule has 0 saturated heterocycles. The van der Waals surface area contributed by atoms with Crippen molar-refractivity contribution in [2.75, 3.05) is 19.0 Å². The van der Waals surface area contributed by atoms with E-state index in [0.29, 0.717) is 5.15 Å². The fourth-order valence-corrected chi connectivity index (χ4v) is 3.43. The predicted octanol–water partition coefficient (Wildman–Crippen LogP) is 2.46. The smallest absolute Gasteiger partial charge is 0.186 e. The number of imidazole rings is 1. The molecule has 3 rings (SSSR count). The SMILES string of the molecule is C[C@H](c1nncn1C)n1ccnc1-c1sc(N(C)C)nc1Cl. The number of nitrogens with zero attached hydrogens (tertiary/aromatic N) is 7. The van der Waals surface area contributed by atoms with Crippen LogP contribution in [0.15, 0.2) is 18.7 Å². The third-order valence-corrected chi connectivity index (χ3v) is 4.97. The van der Waals surface area contributed by atoms with Gasteiger partial charge in [0.15, 0.2) is 21.9 Å². The molecule has 0 bridgehead atoms. The molecule has 3 aromatic heterocycles. The van der Waals surface area contributed by atoms with E-state index in [0.717, 1.165) is 21.7 Å². The Bertz CT molecular complexity index is 788. The maximum atomic E-state index is 6.30. The molecule has 0 aromatic carbocycles. The normalized spacial score (nSPS) is 12.6. The largest absolute Gasteiger partial charge is 0.354 e. The Morgan fingerprint density at radius 1 is 1.36 bits per heavy atom. The minimum Gasteiger partial charge on any atom is -0.354 e. The van der Waals surface area contributed by atoms with E-state index < -0.39 is 0 Å². The van der Waals surface area contributed by atoms with Crippen LogP contribution in [0.1, 0.15) is 18.8 Å². The van der Waals surface area contributed by atoms with Gasteiger partial charge in [-0.15, -0.1) is 10.2 Å². The second-order valence-corrected chi connectivity index (χ2v) is 6.48. The Hall–Kier alpha value is -1.93. The molecule has 0 saturated carbocycles. The average Bonchev–Trinajstić information content (AvgIpc) is 3.16. The van der Waals surface area contributed by atoms with Crippen molar-refractivity contribution in [3.8, 4) is 10.7 Å². The molecule has 0 aliphatic carbocycles. The van der Waals surface area contributed by atoms with E-state index in [4.69, 9.17) is 11.6 Å². The third kappa shape index (κ3) is 2.48. The van der Waals surface area contributed by atoms with E-state index in [1.807, 2.05) is 41.4 Å². The van der Waals surface area contributed by atoms with E-state index in [-0.39, 0.29) is 6.04 Å². The lowest BCUT2D eigenvalue weighted by Gasteiger charge is -2.14. The summed E-state index contributed by atoms with van der Waals surface area (Å²) in [5.74, 6) is 1.64. The van der Waals surface area contributed by atoms with Crippen molar-refractivity contribution in [2.24, 2.45) is 7.05 Å². The summed E-state index contributed by atoms with van der Waals surface area (Å²) in [6, 6.07) is -0.00836. The van der Waals surface area contributed by atoms with Gasteiger partial charge in [-0.2, -0.15) is 0 Å². The molecule has 1 atom stereocenters. The number of aryl methyl sites for hydroxylation is 1. The van der Waals surface area contributed by atoms with Gasteiger partial charge in [0.1, 0.15) is 11.2 Å². The molecule has 116 valence electrons. The number of rotatable bonds is 4. The molecule has 0 N–H and O–H groups in total. The molecule has 3 heterocycles. The van der Waals surface area contributed by atoms with Gasteiger partial charge in [-0.05, 0) is 6.92 Å². The molecule has 0 aliphatic rings. The molecule has 0 fully saturated rings. The van der Waals surface area contributed by atoms with Crippen LogP contribution in [0.25, 0.3) is 10.7 Å². The van der Waals surface area contributed by atoms with Crippen LogP contribution in [-0.2, 0) is 7.05 Å². The lowest BCUT2D eigenvalue weighted by molar-refractivity contribution is 0.579. The summed E-state index contributed by atoms with van der Waals surface area (Å²) in [6.07, 6.45) is 5.36. The van der Waals surface area contributed by atoms with Crippen molar-refractivity contribution < 1.29 is 0 Å². The van der Waals surface area contributed by atoms with Crippen LogP contribution < -0.4 is 4.90 Å². The second-order valence-electron chi connectivity index (χ2n) is 5.14. The monoisotopic (exact) mass is 337 g/mol. The van der Waals surface area contributed by atoms with Crippen LogP contribution in [0.3, 0.4) is 0 Å². The van der Waals surface area contributed by atoms with Gasteiger partial charge in [0, 0.05) is 33.5 Å². The third-order valence-electron chi connectivity index (χ3n) is 3.37. The minimum absolute atomic E-state index is 0.00836. The zero-order chi connectivity index (χ0) is 15.9. The zero-order valence-electron chi connectivity index (χ0n) is 12.7. The van der Waals surface area contributed by atoms with E-state index in [1.165, 1.54) is 11.3 Å². The maximum Gasteiger partial charge on any atom is 0.186 e. The van der Waals surface area contributed by atoms with Crippen LogP contribution in [0.4, 0.5) is 5.13 Å². The summed E-state index contributed by atoms with van der Waals surface area (Å²) in [7, 11) is 5.80. The average molecular weight is 338 g/mol. The molecular weight excluding hydrogens is 322 g/mol. The highest BCUT2D eigenvalue weighted by Gasteiger charge is 2.21. The summed E-state index contributed by atoms with van der Waals surface area (Å²) in [5.41, 5.74) is 0. The lowest BCUT2D eigenvalue weighted by Crippen LogP contribution is -2.12. The Kier molecular flexibility index (Phi) is 3.88. The number of thiazole rings is 1. The van der Waals surface area contributed by atoms with E-state index >= 15 is 0 Å². The first-order chi connectivity index (χ1) is 10.5. The van der Waals surface area contributed by atoms with E-state index in [9.17, 15) is 0 Å². The Morgan fingerprint density at radius 2 is 2.14 bits per heavy atom. The molecule has 0 amide bonds. The van der Waals surface area contributed by atoms with Crippen LogP contribution >= 0.6 is 22.9 Å². The summed E-state index contributed by atoms with van der Waals surface area (Å²) < 4.78 is 3.93. The molecule has 0 unspecified atom stereocenters. The van der Waals surface area contributed by atoms with Crippen LogP contribution in [0, 0.1) is 0 Å². The Morgan fingerprint density at radius 3 is 2.73 bits per heavy atom. The first kappa shape index (κ1) is 15.0. The van der Waals surface area contributed by atoms with E-state index in [2.05, 4.69) is 27.1 Å². The van der Waals surface area contributed by atoms with Crippen molar-refractivity contribution in [1.82, 2.24) is 29.3 Å². The van der Waals surface area contributed by atoms with Gasteiger partial charge in [-0.1, -0.05) is 22.9 Å². The quantitative estimate of drug-likeness (QED) is 0.731. The van der Waals surface area contributed by atoms with Crippen molar-refractivity contribution in [1.29, 1.82) is 0 Å². The van der Waals surface area contributed by atoms with Gasteiger partial charge in [0.25, 0.3) is 0 Å². The maximum absolute atomic E-state index is 6.30. The first-order valence-electron chi connectivity index (χ1n) is 6.69. The Balaban J connectivity index is 2.04. The molecule has 0 aliphatic heterocycles. The van der Waals surface area contributed by atoms with E-state index in [1.54, 1.807) is 12.5 Å². The lowest BCUT2D eigenvalue weighted by atomic mass is 10.3. The highest BCUT2D eigenvalue weighted by Crippen LogP contribution is 2.37. The van der Waals surface area contributed by atoms with Crippen molar-refractivity contribution in [2.45, 2.75) is 13.0 Å². The number of anilines is 1. The minimum atomic E-state index is -0.00836. The van der Waals surface area contributed by atoms with Crippen LogP contribution in [0.5, 0.6) is 0 Å². The molecule has 3 aromatic rings. The number of halogens is 1. The fourth-order valence-electron chi connectivity index (χ4n) is 2.22. The zero-order valence-corrected chi connectivity index (χ0v) is 14.3. The molecule has 7 nitrogen and oxygen atoms in total. The van der Waals surface area contributed by atoms with Gasteiger partial charge in [0.2, 0.25) is 0 Å². The fraction of sp³-hybridized carbons (Fsp3) is 0.385. The Labute approximate surface area is 137 Å².